The van der Waals surface area contributed by atoms with Gasteiger partial charge in [0.05, 0.1) is 12.6 Å². The molecule has 1 saturated heterocycles. The topological polar surface area (TPSA) is 137 Å². The predicted molar refractivity (Wildman–Crippen MR) is 193 cm³/mol. The summed E-state index contributed by atoms with van der Waals surface area (Å²) >= 11 is 0. The number of benzene rings is 4. The van der Waals surface area contributed by atoms with E-state index in [4.69, 9.17) is 9.84 Å². The number of aliphatic hydroxyl groups excluding tert-OH is 5. The van der Waals surface area contributed by atoms with Crippen LogP contribution in [0.3, 0.4) is 0 Å². The van der Waals surface area contributed by atoms with Crippen LogP contribution in [0.1, 0.15) is 48.1 Å². The van der Waals surface area contributed by atoms with E-state index in [1.54, 1.807) is 18.2 Å². The number of halogens is 1. The summed E-state index contributed by atoms with van der Waals surface area (Å²) < 4.78 is 19.1. The van der Waals surface area contributed by atoms with E-state index in [1.807, 2.05) is 54.6 Å². The number of anilines is 1. The monoisotopic (exact) mass is 690 g/mol. The number of aryl methyl sites for hydroxylation is 1. The molecule has 270 valence electrons. The second-order valence-electron chi connectivity index (χ2n) is 12.9. The third-order valence-corrected chi connectivity index (χ3v) is 9.55. The van der Waals surface area contributed by atoms with E-state index in [2.05, 4.69) is 43.1 Å². The smallest absolute Gasteiger partial charge is 0.123 e. The molecule has 4 aromatic rings. The molecule has 50 heavy (non-hydrogen) atoms. The van der Waals surface area contributed by atoms with Crippen LogP contribution in [0.2, 0.25) is 0 Å². The van der Waals surface area contributed by atoms with Crippen molar-refractivity contribution in [1.29, 1.82) is 0 Å². The minimum absolute atomic E-state index is 0.0676. The van der Waals surface area contributed by atoms with Crippen molar-refractivity contribution in [3.63, 3.8) is 0 Å². The Hall–Kier alpha value is -3.87. The molecule has 4 aromatic carbocycles. The van der Waals surface area contributed by atoms with Gasteiger partial charge in [0.25, 0.3) is 0 Å². The third-order valence-electron chi connectivity index (χ3n) is 9.55. The second kappa shape index (κ2) is 18.4. The Balaban J connectivity index is 0.00000276. The van der Waals surface area contributed by atoms with Crippen molar-refractivity contribution in [2.24, 2.45) is 0 Å². The number of nitrogens with zero attached hydrogens (tertiary/aromatic N) is 2. The molecule has 1 aliphatic rings. The summed E-state index contributed by atoms with van der Waals surface area (Å²) in [5.41, 5.74) is 5.19. The van der Waals surface area contributed by atoms with Crippen LogP contribution in [-0.2, 0) is 11.2 Å². The van der Waals surface area contributed by atoms with E-state index >= 15 is 0 Å². The highest BCUT2D eigenvalue weighted by atomic mass is 19.1. The van der Waals surface area contributed by atoms with Gasteiger partial charge in [-0.2, -0.15) is 0 Å². The number of phenolic OH excluding ortho intramolecular Hbond substituents is 1. The van der Waals surface area contributed by atoms with Gasteiger partial charge in [0.2, 0.25) is 0 Å². The molecular formula is C40H51FN2O7. The zero-order valence-electron chi connectivity index (χ0n) is 29.2. The average Bonchev–Trinajstić information content (AvgIpc) is 3.14. The minimum Gasteiger partial charge on any atom is -0.508 e. The maximum Gasteiger partial charge on any atom is 0.123 e. The van der Waals surface area contributed by atoms with Crippen molar-refractivity contribution in [3.05, 3.63) is 120 Å². The van der Waals surface area contributed by atoms with Gasteiger partial charge in [-0.05, 0) is 85.9 Å². The quantitative estimate of drug-likeness (QED) is 0.109. The van der Waals surface area contributed by atoms with Crippen molar-refractivity contribution in [3.8, 4) is 16.9 Å². The molecule has 0 spiro atoms. The zero-order chi connectivity index (χ0) is 36.4. The first-order valence-corrected chi connectivity index (χ1v) is 17.0. The fourth-order valence-corrected chi connectivity index (χ4v) is 6.75. The van der Waals surface area contributed by atoms with Crippen LogP contribution in [0.25, 0.3) is 11.1 Å². The van der Waals surface area contributed by atoms with E-state index in [9.17, 15) is 29.9 Å². The molecule has 0 bridgehead atoms. The number of unbranched alkanes of at least 4 members (excludes halogenated alkanes) is 1. The molecule has 10 heteroatoms. The molecule has 7 unspecified atom stereocenters. The molecule has 0 amide bonds. The minimum atomic E-state index is -1.45. The normalized spacial score (nSPS) is 21.6. The number of aliphatic hydroxyl groups is 5. The highest BCUT2D eigenvalue weighted by molar-refractivity contribution is 5.67. The Kier molecular flexibility index (Phi) is 14.3. The number of aromatic hydroxyl groups is 1. The number of rotatable bonds is 13. The van der Waals surface area contributed by atoms with Gasteiger partial charge in [0, 0.05) is 31.5 Å². The number of para-hydroxylation sites is 1. The Bertz CT molecular complexity index is 1590. The van der Waals surface area contributed by atoms with Gasteiger partial charge in [0.15, 0.2) is 0 Å². The van der Waals surface area contributed by atoms with Gasteiger partial charge in [-0.25, -0.2) is 4.39 Å². The molecule has 1 fully saturated rings. The first kappa shape index (κ1) is 38.9. The van der Waals surface area contributed by atoms with Crippen LogP contribution in [-0.4, -0.2) is 101 Å². The summed E-state index contributed by atoms with van der Waals surface area (Å²) in [5, 5.41) is 59.1. The van der Waals surface area contributed by atoms with Crippen molar-refractivity contribution in [1.82, 2.24) is 4.90 Å². The van der Waals surface area contributed by atoms with Crippen LogP contribution < -0.4 is 4.90 Å². The number of phenols is 1. The molecule has 1 heterocycles. The van der Waals surface area contributed by atoms with Crippen LogP contribution in [0.5, 0.6) is 5.75 Å². The standard InChI is InChI=1S/C39H47FN2O6.CH4O/c1-41(2)32(12-8-7-9-25-13-20-29(40)21-14-25)35(42(3)30-10-5-4-6-11-30)31-22-19-28(23-33(31)44)26-15-17-27(18-16-26)39-38(47)37(46)36(45)34(24-43)48-39;1-2/h4-6,10-11,13-23,32,34-39,43-47H,7-9,12,24H2,1-3H3;2H,1H3. The lowest BCUT2D eigenvalue weighted by Crippen LogP contribution is -2.55. The summed E-state index contributed by atoms with van der Waals surface area (Å²) in [7, 11) is 7.19. The van der Waals surface area contributed by atoms with Gasteiger partial charge in [-0.3, -0.25) is 0 Å². The fraction of sp³-hybridized carbons (Fsp3) is 0.400. The van der Waals surface area contributed by atoms with Crippen LogP contribution >= 0.6 is 0 Å². The number of hydrogen-bond acceptors (Lipinski definition) is 9. The highest BCUT2D eigenvalue weighted by Crippen LogP contribution is 2.39. The Morgan fingerprint density at radius 3 is 2.00 bits per heavy atom. The SMILES string of the molecule is CN(C)C(CCCCc1ccc(F)cc1)C(c1ccc(-c2ccc(C3OC(CO)C(O)C(O)C3O)cc2)cc1O)N(C)c1ccccc1.CO. The van der Waals surface area contributed by atoms with Crippen molar-refractivity contribution >= 4 is 5.69 Å². The summed E-state index contributed by atoms with van der Waals surface area (Å²) in [6.45, 7) is -0.490. The molecule has 5 rings (SSSR count). The lowest BCUT2D eigenvalue weighted by molar-refractivity contribution is -0.231. The Morgan fingerprint density at radius 1 is 0.760 bits per heavy atom. The van der Waals surface area contributed by atoms with Crippen molar-refractivity contribution < 1.29 is 39.8 Å². The molecule has 0 aromatic heterocycles. The molecule has 0 aliphatic carbocycles. The molecule has 7 atom stereocenters. The summed E-state index contributed by atoms with van der Waals surface area (Å²) in [5.74, 6) is -0.0504. The Labute approximate surface area is 294 Å². The van der Waals surface area contributed by atoms with Gasteiger partial charge >= 0.3 is 0 Å². The van der Waals surface area contributed by atoms with Crippen molar-refractivity contribution in [2.75, 3.05) is 39.8 Å². The van der Waals surface area contributed by atoms with E-state index in [0.29, 0.717) is 5.56 Å². The predicted octanol–water partition coefficient (Wildman–Crippen LogP) is 4.84. The van der Waals surface area contributed by atoms with Gasteiger partial charge in [-0.15, -0.1) is 0 Å². The molecule has 6 N–H and O–H groups in total. The maximum atomic E-state index is 13.4. The summed E-state index contributed by atoms with van der Waals surface area (Å²) in [6.07, 6.45) is -2.46. The summed E-state index contributed by atoms with van der Waals surface area (Å²) in [6, 6.07) is 29.7. The van der Waals surface area contributed by atoms with Gasteiger partial charge < -0.3 is 45.2 Å². The third kappa shape index (κ3) is 9.26. The largest absolute Gasteiger partial charge is 0.508 e. The van der Waals surface area contributed by atoms with Crippen molar-refractivity contribution in [2.45, 2.75) is 68.3 Å². The zero-order valence-corrected chi connectivity index (χ0v) is 29.2. The molecule has 0 radical (unpaired) electrons. The maximum absolute atomic E-state index is 13.4. The lowest BCUT2D eigenvalue weighted by atomic mass is 9.89. The first-order chi connectivity index (χ1) is 24.1. The fourth-order valence-electron chi connectivity index (χ4n) is 6.75. The van der Waals surface area contributed by atoms with Gasteiger partial charge in [0.1, 0.15) is 42.1 Å². The molecule has 1 aliphatic heterocycles. The highest BCUT2D eigenvalue weighted by Gasteiger charge is 2.44. The average molecular weight is 691 g/mol. The molecule has 0 saturated carbocycles. The lowest BCUT2D eigenvalue weighted by Gasteiger charge is -2.40. The Morgan fingerprint density at radius 2 is 1.40 bits per heavy atom. The van der Waals surface area contributed by atoms with Gasteiger partial charge in [-0.1, -0.05) is 73.2 Å². The van der Waals surface area contributed by atoms with E-state index in [1.165, 1.54) is 12.1 Å². The van der Waals surface area contributed by atoms with E-state index < -0.39 is 37.1 Å². The first-order valence-electron chi connectivity index (χ1n) is 17.0. The summed E-state index contributed by atoms with van der Waals surface area (Å²) in [4.78, 5) is 4.43. The van der Waals surface area contributed by atoms with Crippen LogP contribution in [0.15, 0.2) is 97.1 Å². The van der Waals surface area contributed by atoms with Crippen LogP contribution in [0.4, 0.5) is 10.1 Å². The molecular weight excluding hydrogens is 639 g/mol. The number of hydrogen-bond donors (Lipinski definition) is 6. The molecule has 9 nitrogen and oxygen atoms in total. The van der Waals surface area contributed by atoms with E-state index in [-0.39, 0.29) is 23.7 Å². The number of likely N-dealkylation sites (N-methyl/N-ethyl adjacent to an activating group) is 2. The van der Waals surface area contributed by atoms with Crippen LogP contribution in [0, 0.1) is 5.82 Å². The number of ether oxygens (including phenoxy) is 1. The van der Waals surface area contributed by atoms with E-state index in [0.717, 1.165) is 60.7 Å². The second-order valence-corrected chi connectivity index (χ2v) is 12.9.